The fraction of sp³-hybridized carbons (Fsp3) is 0.533. The number of nitriles is 1. The number of hydrogen-bond donors (Lipinski definition) is 1. The molecule has 1 aromatic heterocycles. The molecule has 1 saturated carbocycles. The van der Waals surface area contributed by atoms with E-state index in [1.165, 1.54) is 65.0 Å². The van der Waals surface area contributed by atoms with Crippen molar-refractivity contribution in [2.75, 3.05) is 0 Å². The molecule has 0 unspecified atom stereocenters. The van der Waals surface area contributed by atoms with Crippen molar-refractivity contribution in [1.29, 1.82) is 5.26 Å². The molecule has 1 heterocycles. The number of ketones is 1. The van der Waals surface area contributed by atoms with Gasteiger partial charge in [-0.25, -0.2) is 4.39 Å². The Balaban J connectivity index is 0.000000447. The number of carbonyl (C=O) groups excluding carboxylic acids is 1. The van der Waals surface area contributed by atoms with Crippen LogP contribution >= 0.6 is 0 Å². The van der Waals surface area contributed by atoms with Crippen LogP contribution < -0.4 is 0 Å². The summed E-state index contributed by atoms with van der Waals surface area (Å²) >= 11 is 0. The van der Waals surface area contributed by atoms with Gasteiger partial charge in [0, 0.05) is 23.0 Å². The monoisotopic (exact) mass is 464 g/mol. The fourth-order valence-corrected chi connectivity index (χ4v) is 5.11. The number of carbonyl (C=O) groups is 1. The summed E-state index contributed by atoms with van der Waals surface area (Å²) in [6, 6.07) is 6.31. The van der Waals surface area contributed by atoms with Crippen LogP contribution in [0.25, 0.3) is 16.5 Å². The van der Waals surface area contributed by atoms with E-state index in [4.69, 9.17) is 5.26 Å². The number of hydrogen-bond acceptors (Lipinski definition) is 2. The van der Waals surface area contributed by atoms with Gasteiger partial charge in [0.15, 0.2) is 0 Å². The maximum absolute atomic E-state index is 13.5. The topological polar surface area (TPSA) is 56.6 Å². The first-order valence-corrected chi connectivity index (χ1v) is 12.7. The quantitative estimate of drug-likeness (QED) is 0.480. The van der Waals surface area contributed by atoms with Crippen molar-refractivity contribution in [2.45, 2.75) is 92.9 Å². The molecule has 4 rings (SSSR count). The minimum atomic E-state index is -0.0718. The largest absolute Gasteiger partial charge is 0.354 e. The van der Waals surface area contributed by atoms with Crippen molar-refractivity contribution in [2.24, 2.45) is 11.8 Å². The molecule has 0 amide bonds. The molecule has 1 fully saturated rings. The van der Waals surface area contributed by atoms with Crippen molar-refractivity contribution in [3.63, 3.8) is 0 Å². The lowest BCUT2D eigenvalue weighted by molar-refractivity contribution is -0.116. The zero-order chi connectivity index (χ0) is 25.4. The molecule has 0 radical (unpaired) electrons. The van der Waals surface area contributed by atoms with Crippen LogP contribution in [-0.2, 0) is 4.79 Å². The Morgan fingerprint density at radius 2 is 1.85 bits per heavy atom. The summed E-state index contributed by atoms with van der Waals surface area (Å²) in [6.07, 6.45) is 8.92. The number of nitrogens with one attached hydrogen (secondary N) is 1. The highest BCUT2D eigenvalue weighted by molar-refractivity contribution is 5.93. The van der Waals surface area contributed by atoms with E-state index < -0.39 is 0 Å². The maximum atomic E-state index is 13.5. The zero-order valence-corrected chi connectivity index (χ0v) is 22.0. The molecule has 1 aromatic carbocycles. The molecule has 2 aliphatic carbocycles. The highest BCUT2D eigenvalue weighted by Crippen LogP contribution is 2.49. The van der Waals surface area contributed by atoms with Gasteiger partial charge in [0.05, 0.1) is 12.5 Å². The highest BCUT2D eigenvalue weighted by Gasteiger charge is 2.34. The fourth-order valence-electron chi connectivity index (χ4n) is 5.11. The Hall–Kier alpha value is -2.67. The van der Waals surface area contributed by atoms with E-state index in [0.717, 1.165) is 18.3 Å². The van der Waals surface area contributed by atoms with Gasteiger partial charge in [-0.15, -0.1) is 0 Å². The molecule has 0 atom stereocenters. The van der Waals surface area contributed by atoms with Crippen molar-refractivity contribution in [3.8, 4) is 6.07 Å². The number of H-pyrrole nitrogens is 1. The lowest BCUT2D eigenvalue weighted by Crippen LogP contribution is -2.24. The summed E-state index contributed by atoms with van der Waals surface area (Å²) < 4.78 is 13.5. The SMILES string of the molecule is CC.CC(=O)CC#N.Cc1cc(C)c2[nH]c(C3=CC=C(F)CC3)c(C3CC(CC(C)C)C3)c2c1. The Morgan fingerprint density at radius 1 is 1.18 bits per heavy atom. The molecule has 34 heavy (non-hydrogen) atoms. The van der Waals surface area contributed by atoms with Gasteiger partial charge in [0.25, 0.3) is 0 Å². The summed E-state index contributed by atoms with van der Waals surface area (Å²) in [5.41, 5.74) is 7.93. The minimum absolute atomic E-state index is 0.000854. The van der Waals surface area contributed by atoms with Crippen LogP contribution in [0.5, 0.6) is 0 Å². The smallest absolute Gasteiger partial charge is 0.143 e. The van der Waals surface area contributed by atoms with E-state index >= 15 is 0 Å². The lowest BCUT2D eigenvalue weighted by Gasteiger charge is -2.37. The second kappa shape index (κ2) is 12.7. The van der Waals surface area contributed by atoms with E-state index in [9.17, 15) is 9.18 Å². The number of aromatic amines is 1. The number of halogens is 1. The van der Waals surface area contributed by atoms with Crippen LogP contribution in [0, 0.1) is 37.0 Å². The Labute approximate surface area is 205 Å². The number of allylic oxidation sites excluding steroid dienone is 4. The molecule has 3 nitrogen and oxygen atoms in total. The van der Waals surface area contributed by atoms with Gasteiger partial charge in [-0.05, 0) is 93.1 Å². The van der Waals surface area contributed by atoms with Crippen LogP contribution in [0.4, 0.5) is 4.39 Å². The van der Waals surface area contributed by atoms with Gasteiger partial charge < -0.3 is 4.98 Å². The van der Waals surface area contributed by atoms with Crippen LogP contribution in [0.2, 0.25) is 0 Å². The number of benzene rings is 1. The van der Waals surface area contributed by atoms with E-state index in [1.54, 1.807) is 12.1 Å². The number of fused-ring (bicyclic) bond motifs is 1. The van der Waals surface area contributed by atoms with Gasteiger partial charge in [0.1, 0.15) is 11.6 Å². The molecule has 4 heteroatoms. The maximum Gasteiger partial charge on any atom is 0.143 e. The predicted octanol–water partition coefficient (Wildman–Crippen LogP) is 8.87. The third kappa shape index (κ3) is 6.92. The molecular weight excluding hydrogens is 423 g/mol. The van der Waals surface area contributed by atoms with E-state index in [1.807, 2.05) is 19.9 Å². The molecule has 1 N–H and O–H groups in total. The molecule has 0 saturated heterocycles. The third-order valence-corrected chi connectivity index (χ3v) is 6.49. The molecule has 0 aliphatic heterocycles. The average Bonchev–Trinajstić information content (AvgIpc) is 3.12. The summed E-state index contributed by atoms with van der Waals surface area (Å²) in [6.45, 7) is 14.4. The first-order valence-electron chi connectivity index (χ1n) is 12.7. The van der Waals surface area contributed by atoms with Crippen molar-refractivity contribution in [3.05, 3.63) is 52.5 Å². The zero-order valence-electron chi connectivity index (χ0n) is 22.0. The van der Waals surface area contributed by atoms with Gasteiger partial charge in [-0.1, -0.05) is 45.4 Å². The van der Waals surface area contributed by atoms with Crippen molar-refractivity contribution in [1.82, 2.24) is 4.98 Å². The standard InChI is InChI=1S/C24H30FN.C4H5NO.C2H6/c1-14(2)9-17-12-19(13-17)22-21-11-15(3)10-16(4)23(21)26-24(22)18-5-7-20(25)8-6-18;1-4(6)2-3-5;1-2/h5,7,10-11,14,17,19,26H,6,8-9,12-13H2,1-4H3;2H2,1H3;1-2H3. The first-order chi connectivity index (χ1) is 16.2. The number of aromatic nitrogens is 1. The van der Waals surface area contributed by atoms with E-state index in [0.29, 0.717) is 12.3 Å². The predicted molar refractivity (Wildman–Crippen MR) is 141 cm³/mol. The molecule has 2 aliphatic rings. The van der Waals surface area contributed by atoms with Gasteiger partial charge in [-0.3, -0.25) is 4.79 Å². The molecule has 0 spiro atoms. The first kappa shape index (κ1) is 27.6. The van der Waals surface area contributed by atoms with E-state index in [2.05, 4.69) is 44.8 Å². The van der Waals surface area contributed by atoms with Gasteiger partial charge in [0.2, 0.25) is 0 Å². The third-order valence-electron chi connectivity index (χ3n) is 6.49. The summed E-state index contributed by atoms with van der Waals surface area (Å²) in [7, 11) is 0. The second-order valence-corrected chi connectivity index (χ2v) is 9.92. The molecular formula is C30H41FN2O. The Morgan fingerprint density at radius 3 is 2.35 bits per heavy atom. The molecule has 2 aromatic rings. The molecule has 184 valence electrons. The summed E-state index contributed by atoms with van der Waals surface area (Å²) in [5, 5.41) is 9.16. The van der Waals surface area contributed by atoms with Gasteiger partial charge in [-0.2, -0.15) is 5.26 Å². The summed E-state index contributed by atoms with van der Waals surface area (Å²) in [4.78, 5) is 13.6. The Bertz CT molecular complexity index is 1090. The van der Waals surface area contributed by atoms with Gasteiger partial charge >= 0.3 is 0 Å². The van der Waals surface area contributed by atoms with Crippen LogP contribution in [-0.4, -0.2) is 10.8 Å². The van der Waals surface area contributed by atoms with E-state index in [-0.39, 0.29) is 18.0 Å². The summed E-state index contributed by atoms with van der Waals surface area (Å²) in [5.74, 6) is 2.21. The van der Waals surface area contributed by atoms with Crippen LogP contribution in [0.3, 0.4) is 0 Å². The van der Waals surface area contributed by atoms with Crippen LogP contribution in [0.1, 0.15) is 101 Å². The number of nitrogens with zero attached hydrogens (tertiary/aromatic N) is 1. The Kier molecular flexibility index (Phi) is 10.3. The number of Topliss-reactive ketones (excluding diaryl/α,β-unsaturated/α-hetero) is 1. The lowest BCUT2D eigenvalue weighted by atomic mass is 9.67. The highest BCUT2D eigenvalue weighted by atomic mass is 19.1. The normalized spacial score (nSPS) is 19.1. The number of rotatable bonds is 5. The van der Waals surface area contributed by atoms with Crippen LogP contribution in [0.15, 0.2) is 30.1 Å². The molecule has 0 bridgehead atoms. The van der Waals surface area contributed by atoms with Crippen molar-refractivity contribution < 1.29 is 9.18 Å². The minimum Gasteiger partial charge on any atom is -0.354 e. The second-order valence-electron chi connectivity index (χ2n) is 9.92. The average molecular weight is 465 g/mol. The number of aryl methyl sites for hydroxylation is 2. The van der Waals surface area contributed by atoms with Crippen molar-refractivity contribution >= 4 is 22.3 Å².